The van der Waals surface area contributed by atoms with Gasteiger partial charge in [0.2, 0.25) is 0 Å². The van der Waals surface area contributed by atoms with Gasteiger partial charge in [-0.25, -0.2) is 12.8 Å². The van der Waals surface area contributed by atoms with Gasteiger partial charge in [0.25, 0.3) is 15.9 Å². The second kappa shape index (κ2) is 7.75. The fourth-order valence-electron chi connectivity index (χ4n) is 1.92. The van der Waals surface area contributed by atoms with Crippen molar-refractivity contribution in [3.05, 3.63) is 59.9 Å². The fraction of sp³-hybridized carbons (Fsp3) is 0.125. The zero-order chi connectivity index (χ0) is 18.4. The van der Waals surface area contributed by atoms with Crippen LogP contribution in [-0.2, 0) is 14.8 Å². The molecule has 0 bridgehead atoms. The molecule has 0 saturated heterocycles. The lowest BCUT2D eigenvalue weighted by atomic mass is 10.2. The van der Waals surface area contributed by atoms with Crippen LogP contribution in [0.1, 0.15) is 16.8 Å². The maximum absolute atomic E-state index is 13.2. The predicted molar refractivity (Wildman–Crippen MR) is 88.2 cm³/mol. The summed E-state index contributed by atoms with van der Waals surface area (Å²) in [7, 11) is -3.95. The van der Waals surface area contributed by atoms with Crippen LogP contribution in [0.15, 0.2) is 53.4 Å². The van der Waals surface area contributed by atoms with Gasteiger partial charge in [-0.2, -0.15) is 0 Å². The fourth-order valence-corrected chi connectivity index (χ4v) is 3.01. The average Bonchev–Trinajstić information content (AvgIpc) is 2.54. The second-order valence-corrected chi connectivity index (χ2v) is 6.72. The minimum atomic E-state index is -3.95. The third kappa shape index (κ3) is 5.28. The van der Waals surface area contributed by atoms with Gasteiger partial charge < -0.3 is 10.4 Å². The van der Waals surface area contributed by atoms with E-state index in [1.807, 2.05) is 0 Å². The molecule has 3 N–H and O–H groups in total. The number of nitrogens with one attached hydrogen (secondary N) is 2. The summed E-state index contributed by atoms with van der Waals surface area (Å²) in [6, 6.07) is 10.1. The molecule has 0 aliphatic rings. The van der Waals surface area contributed by atoms with Crippen LogP contribution in [0.3, 0.4) is 0 Å². The minimum absolute atomic E-state index is 0.0118. The van der Waals surface area contributed by atoms with Crippen molar-refractivity contribution in [2.45, 2.75) is 11.3 Å². The number of sulfonamides is 1. The summed E-state index contributed by atoms with van der Waals surface area (Å²) in [5.74, 6) is -2.17. The third-order valence-corrected chi connectivity index (χ3v) is 4.51. The molecule has 0 atom stereocenters. The zero-order valence-electron chi connectivity index (χ0n) is 12.9. The number of rotatable bonds is 7. The summed E-state index contributed by atoms with van der Waals surface area (Å²) in [5, 5.41) is 10.9. The van der Waals surface area contributed by atoms with Crippen molar-refractivity contribution in [3.8, 4) is 0 Å². The predicted octanol–water partition coefficient (Wildman–Crippen LogP) is 1.83. The van der Waals surface area contributed by atoms with Gasteiger partial charge in [0.1, 0.15) is 5.82 Å². The molecule has 2 aromatic carbocycles. The summed E-state index contributed by atoms with van der Waals surface area (Å²) in [4.78, 5) is 22.0. The standard InChI is InChI=1S/C16H15FN2O5S/c17-12-2-1-3-14(10-12)25(23,24)19-13-6-4-11(5-7-13)16(22)18-9-8-15(20)21/h1-7,10,19H,8-9H2,(H,18,22)(H,20,21). The Labute approximate surface area is 143 Å². The first-order chi connectivity index (χ1) is 11.8. The van der Waals surface area contributed by atoms with Crippen LogP contribution in [0.25, 0.3) is 0 Å². The molecule has 0 radical (unpaired) electrons. The first-order valence-corrected chi connectivity index (χ1v) is 8.65. The van der Waals surface area contributed by atoms with Crippen molar-refractivity contribution in [1.29, 1.82) is 0 Å². The number of benzene rings is 2. The highest BCUT2D eigenvalue weighted by Crippen LogP contribution is 2.17. The van der Waals surface area contributed by atoms with Crippen LogP contribution in [-0.4, -0.2) is 31.9 Å². The Bertz CT molecular complexity index is 882. The Kier molecular flexibility index (Phi) is 5.71. The van der Waals surface area contributed by atoms with E-state index in [-0.39, 0.29) is 29.1 Å². The SMILES string of the molecule is O=C(O)CCNC(=O)c1ccc(NS(=O)(=O)c2cccc(F)c2)cc1. The van der Waals surface area contributed by atoms with Crippen molar-refractivity contribution in [3.63, 3.8) is 0 Å². The van der Waals surface area contributed by atoms with E-state index in [1.54, 1.807) is 0 Å². The molecule has 0 aliphatic heterocycles. The Morgan fingerprint density at radius 3 is 2.36 bits per heavy atom. The number of carbonyl (C=O) groups excluding carboxylic acids is 1. The molecule has 0 aromatic heterocycles. The van der Waals surface area contributed by atoms with E-state index in [2.05, 4.69) is 10.0 Å². The zero-order valence-corrected chi connectivity index (χ0v) is 13.7. The van der Waals surface area contributed by atoms with E-state index in [0.717, 1.165) is 12.1 Å². The molecule has 1 amide bonds. The van der Waals surface area contributed by atoms with E-state index in [1.165, 1.54) is 36.4 Å². The second-order valence-electron chi connectivity index (χ2n) is 5.04. The highest BCUT2D eigenvalue weighted by molar-refractivity contribution is 7.92. The summed E-state index contributed by atoms with van der Waals surface area (Å²) >= 11 is 0. The van der Waals surface area contributed by atoms with Gasteiger partial charge in [0.05, 0.1) is 11.3 Å². The van der Waals surface area contributed by atoms with Crippen LogP contribution in [0, 0.1) is 5.82 Å². The summed E-state index contributed by atoms with van der Waals surface area (Å²) < 4.78 is 39.8. The minimum Gasteiger partial charge on any atom is -0.481 e. The highest BCUT2D eigenvalue weighted by Gasteiger charge is 2.15. The van der Waals surface area contributed by atoms with Gasteiger partial charge in [0.15, 0.2) is 0 Å². The lowest BCUT2D eigenvalue weighted by Gasteiger charge is -2.09. The van der Waals surface area contributed by atoms with Gasteiger partial charge in [-0.05, 0) is 42.5 Å². The van der Waals surface area contributed by atoms with Crippen molar-refractivity contribution >= 4 is 27.6 Å². The summed E-state index contributed by atoms with van der Waals surface area (Å²) in [6.07, 6.45) is -0.197. The molecule has 0 fully saturated rings. The van der Waals surface area contributed by atoms with Crippen LogP contribution in [0.2, 0.25) is 0 Å². The average molecular weight is 366 g/mol. The molecule has 0 saturated carbocycles. The molecule has 0 unspecified atom stereocenters. The maximum atomic E-state index is 13.2. The van der Waals surface area contributed by atoms with Crippen molar-refractivity contribution in [2.75, 3.05) is 11.3 Å². The number of hydrogen-bond acceptors (Lipinski definition) is 4. The van der Waals surface area contributed by atoms with Gasteiger partial charge in [-0.1, -0.05) is 6.07 Å². The molecular formula is C16H15FN2O5S. The van der Waals surface area contributed by atoms with Crippen LogP contribution in [0.4, 0.5) is 10.1 Å². The normalized spacial score (nSPS) is 10.9. The number of hydrogen-bond donors (Lipinski definition) is 3. The number of halogens is 1. The largest absolute Gasteiger partial charge is 0.481 e. The molecular weight excluding hydrogens is 351 g/mol. The first-order valence-electron chi connectivity index (χ1n) is 7.16. The van der Waals surface area contributed by atoms with E-state index in [9.17, 15) is 22.4 Å². The summed E-state index contributed by atoms with van der Waals surface area (Å²) in [6.45, 7) is -0.0118. The number of amides is 1. The van der Waals surface area contributed by atoms with Crippen LogP contribution < -0.4 is 10.0 Å². The first kappa shape index (κ1) is 18.4. The Morgan fingerprint density at radius 1 is 1.08 bits per heavy atom. The molecule has 0 aliphatic carbocycles. The summed E-state index contributed by atoms with van der Waals surface area (Å²) in [5.41, 5.74) is 0.449. The number of carboxylic acids is 1. The Balaban J connectivity index is 2.05. The Morgan fingerprint density at radius 2 is 1.76 bits per heavy atom. The quantitative estimate of drug-likeness (QED) is 0.692. The van der Waals surface area contributed by atoms with Crippen LogP contribution in [0.5, 0.6) is 0 Å². The van der Waals surface area contributed by atoms with Crippen molar-refractivity contribution < 1.29 is 27.5 Å². The smallest absolute Gasteiger partial charge is 0.305 e. The van der Waals surface area contributed by atoms with Gasteiger partial charge in [0, 0.05) is 17.8 Å². The molecule has 7 nitrogen and oxygen atoms in total. The molecule has 0 spiro atoms. The number of carbonyl (C=O) groups is 2. The molecule has 2 aromatic rings. The van der Waals surface area contributed by atoms with Crippen LogP contribution >= 0.6 is 0 Å². The topological polar surface area (TPSA) is 113 Å². The van der Waals surface area contributed by atoms with E-state index in [0.29, 0.717) is 0 Å². The van der Waals surface area contributed by atoms with E-state index in [4.69, 9.17) is 5.11 Å². The monoisotopic (exact) mass is 366 g/mol. The van der Waals surface area contributed by atoms with E-state index < -0.39 is 27.7 Å². The molecule has 0 heterocycles. The molecule has 9 heteroatoms. The van der Waals surface area contributed by atoms with E-state index >= 15 is 0 Å². The number of carboxylic acid groups (broad SMARTS) is 1. The van der Waals surface area contributed by atoms with Crippen molar-refractivity contribution in [1.82, 2.24) is 5.32 Å². The lowest BCUT2D eigenvalue weighted by Crippen LogP contribution is -2.25. The number of aliphatic carboxylic acids is 1. The van der Waals surface area contributed by atoms with Gasteiger partial charge in [-0.15, -0.1) is 0 Å². The molecule has 2 rings (SSSR count). The van der Waals surface area contributed by atoms with Gasteiger partial charge >= 0.3 is 5.97 Å². The maximum Gasteiger partial charge on any atom is 0.305 e. The Hall–Kier alpha value is -2.94. The molecule has 132 valence electrons. The number of anilines is 1. The molecule has 25 heavy (non-hydrogen) atoms. The van der Waals surface area contributed by atoms with Gasteiger partial charge in [-0.3, -0.25) is 14.3 Å². The highest BCUT2D eigenvalue weighted by atomic mass is 32.2. The third-order valence-electron chi connectivity index (χ3n) is 3.13. The van der Waals surface area contributed by atoms with Crippen molar-refractivity contribution in [2.24, 2.45) is 0 Å². The lowest BCUT2D eigenvalue weighted by molar-refractivity contribution is -0.136.